The van der Waals surface area contributed by atoms with E-state index in [1.54, 1.807) is 51.1 Å². The first-order valence-corrected chi connectivity index (χ1v) is 14.6. The number of ether oxygens (including phenoxy) is 4. The van der Waals surface area contributed by atoms with E-state index in [0.29, 0.717) is 0 Å². The lowest BCUT2D eigenvalue weighted by Gasteiger charge is -2.68. The summed E-state index contributed by atoms with van der Waals surface area (Å²) in [5.41, 5.74) is -6.19. The summed E-state index contributed by atoms with van der Waals surface area (Å²) < 4.78 is 22.8. The van der Waals surface area contributed by atoms with E-state index >= 15 is 0 Å². The van der Waals surface area contributed by atoms with E-state index in [2.05, 4.69) is 0 Å². The van der Waals surface area contributed by atoms with Gasteiger partial charge in [-0.3, -0.25) is 14.4 Å². The maximum atomic E-state index is 14.9. The highest BCUT2D eigenvalue weighted by Gasteiger charge is 2.76. The molecule has 4 aliphatic rings. The molecule has 0 radical (unpaired) electrons. The van der Waals surface area contributed by atoms with E-state index in [9.17, 15) is 34.5 Å². The number of benzene rings is 1. The van der Waals surface area contributed by atoms with Crippen molar-refractivity contribution >= 4 is 23.7 Å². The Morgan fingerprint density at radius 3 is 2.30 bits per heavy atom. The molecule has 0 amide bonds. The molecule has 3 N–H and O–H groups in total. The zero-order valence-corrected chi connectivity index (χ0v) is 25.3. The quantitative estimate of drug-likeness (QED) is 0.335. The minimum Gasteiger partial charge on any atom is -0.469 e. The van der Waals surface area contributed by atoms with Gasteiger partial charge in [0.05, 0.1) is 49.4 Å². The smallest absolute Gasteiger partial charge is 0.338 e. The van der Waals surface area contributed by atoms with Crippen molar-refractivity contribution in [1.29, 1.82) is 0 Å². The summed E-state index contributed by atoms with van der Waals surface area (Å²) in [6.07, 6.45) is -5.50. The van der Waals surface area contributed by atoms with E-state index in [4.69, 9.17) is 18.9 Å². The molecule has 2 bridgehead atoms. The van der Waals surface area contributed by atoms with Crippen LogP contribution >= 0.6 is 0 Å². The van der Waals surface area contributed by atoms with E-state index in [1.807, 2.05) is 0 Å². The number of aliphatic hydroxyl groups is 3. The maximum Gasteiger partial charge on any atom is 0.338 e. The van der Waals surface area contributed by atoms with Crippen LogP contribution in [-0.2, 0) is 33.3 Å². The number of allylic oxidation sites excluding steroid dienone is 1. The maximum absolute atomic E-state index is 14.9. The van der Waals surface area contributed by atoms with E-state index < -0.39 is 81.8 Å². The predicted molar refractivity (Wildman–Crippen MR) is 149 cm³/mol. The third-order valence-electron chi connectivity index (χ3n) is 10.8. The monoisotopic (exact) mass is 600 g/mol. The molecule has 3 fully saturated rings. The van der Waals surface area contributed by atoms with Crippen molar-refractivity contribution in [3.05, 3.63) is 47.2 Å². The number of methoxy groups -OCH3 is 1. The van der Waals surface area contributed by atoms with Gasteiger partial charge >= 0.3 is 17.9 Å². The highest BCUT2D eigenvalue weighted by atomic mass is 16.6. The molecule has 11 heteroatoms. The van der Waals surface area contributed by atoms with Gasteiger partial charge in [-0.25, -0.2) is 4.79 Å². The number of aliphatic hydroxyl groups excluding tert-OH is 2. The fourth-order valence-corrected chi connectivity index (χ4v) is 8.30. The molecule has 11 nitrogen and oxygen atoms in total. The van der Waals surface area contributed by atoms with Crippen LogP contribution < -0.4 is 0 Å². The van der Waals surface area contributed by atoms with Gasteiger partial charge in [-0.05, 0) is 24.6 Å². The van der Waals surface area contributed by atoms with Gasteiger partial charge in [-0.1, -0.05) is 39.0 Å². The number of carbonyl (C=O) groups is 4. The molecular formula is C32H40O11. The molecule has 1 aromatic rings. The second-order valence-electron chi connectivity index (χ2n) is 13.3. The van der Waals surface area contributed by atoms with Gasteiger partial charge in [-0.15, -0.1) is 0 Å². The van der Waals surface area contributed by atoms with Crippen LogP contribution in [0.2, 0.25) is 0 Å². The summed E-state index contributed by atoms with van der Waals surface area (Å²) in [6.45, 7) is 7.53. The van der Waals surface area contributed by atoms with E-state index in [1.165, 1.54) is 14.0 Å². The predicted octanol–water partition coefficient (Wildman–Crippen LogP) is 2.11. The first-order valence-electron chi connectivity index (χ1n) is 14.6. The van der Waals surface area contributed by atoms with Crippen molar-refractivity contribution in [1.82, 2.24) is 0 Å². The molecule has 43 heavy (non-hydrogen) atoms. The number of ketones is 1. The zero-order valence-electron chi connectivity index (χ0n) is 25.3. The van der Waals surface area contributed by atoms with Gasteiger partial charge in [0.15, 0.2) is 5.76 Å². The van der Waals surface area contributed by atoms with Crippen molar-refractivity contribution in [3.63, 3.8) is 0 Å². The number of carbonyl (C=O) groups excluding carboxylic acids is 4. The van der Waals surface area contributed by atoms with Crippen LogP contribution in [0.3, 0.4) is 0 Å². The third kappa shape index (κ3) is 4.38. The lowest BCUT2D eigenvalue weighted by Crippen LogP contribution is -2.77. The number of fused-ring (bicyclic) bond motifs is 5. The third-order valence-corrected chi connectivity index (χ3v) is 10.8. The van der Waals surface area contributed by atoms with Crippen LogP contribution in [0.15, 0.2) is 41.7 Å². The minimum absolute atomic E-state index is 0.0439. The van der Waals surface area contributed by atoms with Gasteiger partial charge in [0.25, 0.3) is 0 Å². The Kier molecular flexibility index (Phi) is 7.65. The van der Waals surface area contributed by atoms with Crippen LogP contribution in [-0.4, -0.2) is 82.7 Å². The van der Waals surface area contributed by atoms with Crippen LogP contribution in [0.1, 0.15) is 64.2 Å². The number of hydrogen-bond acceptors (Lipinski definition) is 11. The average molecular weight is 601 g/mol. The highest BCUT2D eigenvalue weighted by Crippen LogP contribution is 2.67. The highest BCUT2D eigenvalue weighted by molar-refractivity contribution is 6.02. The molecule has 5 rings (SSSR count). The number of rotatable bonds is 5. The van der Waals surface area contributed by atoms with Crippen molar-refractivity contribution in [2.24, 2.45) is 28.1 Å². The summed E-state index contributed by atoms with van der Waals surface area (Å²) in [5, 5.41) is 36.0. The molecule has 1 heterocycles. The molecule has 3 aliphatic carbocycles. The summed E-state index contributed by atoms with van der Waals surface area (Å²) in [7, 11) is 1.23. The normalized spacial score (nSPS) is 39.7. The molecule has 1 aromatic carbocycles. The van der Waals surface area contributed by atoms with Crippen molar-refractivity contribution in [2.45, 2.75) is 83.9 Å². The summed E-state index contributed by atoms with van der Waals surface area (Å²) >= 11 is 0. The Hall–Kier alpha value is -3.12. The topological polar surface area (TPSA) is 166 Å². The number of esters is 3. The molecule has 1 saturated heterocycles. The first-order chi connectivity index (χ1) is 20.1. The van der Waals surface area contributed by atoms with Gasteiger partial charge in [0.1, 0.15) is 11.7 Å². The van der Waals surface area contributed by atoms with Gasteiger partial charge in [0, 0.05) is 42.4 Å². The fourth-order valence-electron chi connectivity index (χ4n) is 8.30. The molecule has 2 saturated carbocycles. The van der Waals surface area contributed by atoms with Crippen molar-refractivity contribution in [3.8, 4) is 0 Å². The van der Waals surface area contributed by atoms with Crippen molar-refractivity contribution in [2.75, 3.05) is 13.7 Å². The molecule has 1 aliphatic heterocycles. The Balaban J connectivity index is 1.86. The average Bonchev–Trinajstić information content (AvgIpc) is 2.95. The van der Waals surface area contributed by atoms with E-state index in [0.717, 1.165) is 6.92 Å². The minimum atomic E-state index is -2.07. The second-order valence-corrected chi connectivity index (χ2v) is 13.3. The van der Waals surface area contributed by atoms with Crippen LogP contribution in [0.4, 0.5) is 0 Å². The molecule has 9 atom stereocenters. The Labute approximate surface area is 250 Å². The largest absolute Gasteiger partial charge is 0.469 e. The zero-order chi connectivity index (χ0) is 31.7. The van der Waals surface area contributed by atoms with Crippen LogP contribution in [0, 0.1) is 28.1 Å². The van der Waals surface area contributed by atoms with Gasteiger partial charge in [0.2, 0.25) is 5.78 Å². The van der Waals surface area contributed by atoms with Crippen LogP contribution in [0.5, 0.6) is 0 Å². The summed E-state index contributed by atoms with van der Waals surface area (Å²) in [4.78, 5) is 54.0. The first kappa shape index (κ1) is 31.3. The molecule has 3 unspecified atom stereocenters. The lowest BCUT2D eigenvalue weighted by molar-refractivity contribution is -0.319. The standard InChI is InChI=1S/C32H40O11/c1-16-19(34)13-32(39)27(43-28(38)18-10-8-7-9-11-18)25-30(5,26(37)24(42-17(2)33)23(16)29(32,3)4)20(35)12-21-31(25,15-41-21)14-22(36)40-6/h7-11,16,19-21,25,27,34-35,39H,12-15H2,1-6H3/t16?,19?,20-,21+,25?,27-,30+,31+,32+/m0/s1. The fraction of sp³-hybridized carbons (Fsp3) is 0.625. The van der Waals surface area contributed by atoms with Crippen molar-refractivity contribution < 1.29 is 53.4 Å². The second kappa shape index (κ2) is 10.5. The lowest BCUT2D eigenvalue weighted by atomic mass is 9.42. The van der Waals surface area contributed by atoms with E-state index in [-0.39, 0.29) is 42.8 Å². The summed E-state index contributed by atoms with van der Waals surface area (Å²) in [6, 6.07) is 8.12. The van der Waals surface area contributed by atoms with Crippen LogP contribution in [0.25, 0.3) is 0 Å². The molecule has 0 aromatic heterocycles. The molecule has 0 spiro atoms. The SMILES string of the molecule is COC(=O)C[C@@]12CO[C@@H]1C[C@H](O)[C@@]1(C)C(=O)C(OC(C)=O)=C3C(C)C(O)C[C@@](O)([C@@H](OC(=O)c4ccccc4)C21)C3(C)C. The number of hydrogen-bond donors (Lipinski definition) is 3. The number of Topliss-reactive ketones (excluding diaryl/α,β-unsaturated/α-hetero) is 1. The Morgan fingerprint density at radius 2 is 1.74 bits per heavy atom. The summed E-state index contributed by atoms with van der Waals surface area (Å²) in [5.74, 6) is -5.31. The Morgan fingerprint density at radius 1 is 1.09 bits per heavy atom. The Bertz CT molecular complexity index is 1370. The van der Waals surface area contributed by atoms with Gasteiger partial charge < -0.3 is 34.3 Å². The molecule has 234 valence electrons. The van der Waals surface area contributed by atoms with Gasteiger partial charge in [-0.2, -0.15) is 0 Å². The molecular weight excluding hydrogens is 560 g/mol.